The molecule has 0 unspecified atom stereocenters. The van der Waals surface area contributed by atoms with Crippen molar-refractivity contribution in [1.82, 2.24) is 19.1 Å². The molecule has 0 fully saturated rings. The molecule has 0 aliphatic heterocycles. The van der Waals surface area contributed by atoms with Crippen LogP contribution in [0.25, 0.3) is 99.9 Å². The number of hydrogen-bond acceptors (Lipinski definition) is 2. The predicted molar refractivity (Wildman–Crippen MR) is 232 cm³/mol. The second-order valence-electron chi connectivity index (χ2n) is 14.3. The lowest BCUT2D eigenvalue weighted by molar-refractivity contribution is 1.13. The summed E-state index contributed by atoms with van der Waals surface area (Å²) in [6.07, 6.45) is 2.19. The Bertz CT molecular complexity index is 3160. The summed E-state index contributed by atoms with van der Waals surface area (Å²) in [7, 11) is 0. The van der Waals surface area contributed by atoms with Gasteiger partial charge in [-0.15, -0.1) is 0 Å². The molecule has 0 atom stereocenters. The van der Waals surface area contributed by atoms with Crippen molar-refractivity contribution in [2.45, 2.75) is 0 Å². The zero-order chi connectivity index (χ0) is 37.0. The third-order valence-electron chi connectivity index (χ3n) is 10.9. The standard InChI is InChI=1S/C52H34N4/c1-4-13-36(14-5-1)45-34-46(54-52(53-45)39-15-6-2-7-16-39)41-18-12-17-40(33-41)35-25-28-43(29-26-35)56-47-22-11-10-21-44(47)50-48(56)30-27-37-23-24-38-31-32-55(51(38)49(37)50)42-19-8-3-9-20-42/h1-34H. The van der Waals surface area contributed by atoms with Gasteiger partial charge in [-0.1, -0.05) is 146 Å². The largest absolute Gasteiger partial charge is 0.316 e. The summed E-state index contributed by atoms with van der Waals surface area (Å²) in [4.78, 5) is 10.1. The first-order chi connectivity index (χ1) is 27.8. The first kappa shape index (κ1) is 31.9. The molecule has 0 spiro atoms. The smallest absolute Gasteiger partial charge is 0.160 e. The molecule has 0 saturated heterocycles. The van der Waals surface area contributed by atoms with Gasteiger partial charge in [0.2, 0.25) is 0 Å². The van der Waals surface area contributed by atoms with E-state index in [0.29, 0.717) is 5.82 Å². The summed E-state index contributed by atoms with van der Waals surface area (Å²) in [5.74, 6) is 0.713. The molecule has 262 valence electrons. The Hall–Kier alpha value is -7.56. The molecule has 4 nitrogen and oxygen atoms in total. The zero-order valence-corrected chi connectivity index (χ0v) is 30.4. The number of aromatic nitrogens is 4. The second kappa shape index (κ2) is 13.1. The fourth-order valence-corrected chi connectivity index (χ4v) is 8.31. The van der Waals surface area contributed by atoms with Gasteiger partial charge in [-0.3, -0.25) is 0 Å². The summed E-state index contributed by atoms with van der Waals surface area (Å²) in [5.41, 5.74) is 13.0. The highest BCUT2D eigenvalue weighted by Gasteiger charge is 2.18. The van der Waals surface area contributed by atoms with Gasteiger partial charge >= 0.3 is 0 Å². The van der Waals surface area contributed by atoms with Crippen LogP contribution in [0.4, 0.5) is 0 Å². The summed E-state index contributed by atoms with van der Waals surface area (Å²) >= 11 is 0. The zero-order valence-electron chi connectivity index (χ0n) is 30.4. The quantitative estimate of drug-likeness (QED) is 0.172. The molecule has 11 aromatic rings. The predicted octanol–water partition coefficient (Wildman–Crippen LogP) is 13.3. The van der Waals surface area contributed by atoms with E-state index in [1.54, 1.807) is 0 Å². The van der Waals surface area contributed by atoms with Crippen molar-refractivity contribution in [2.75, 3.05) is 0 Å². The van der Waals surface area contributed by atoms with Gasteiger partial charge in [0.05, 0.1) is 27.9 Å². The van der Waals surface area contributed by atoms with Crippen molar-refractivity contribution >= 4 is 43.5 Å². The van der Waals surface area contributed by atoms with Gasteiger partial charge in [0.1, 0.15) is 0 Å². The molecular formula is C52H34N4. The molecule has 0 N–H and O–H groups in total. The lowest BCUT2D eigenvalue weighted by Crippen LogP contribution is -1.96. The number of hydrogen-bond donors (Lipinski definition) is 0. The average Bonchev–Trinajstić information content (AvgIpc) is 3.87. The van der Waals surface area contributed by atoms with Gasteiger partial charge in [0.25, 0.3) is 0 Å². The van der Waals surface area contributed by atoms with Crippen LogP contribution in [-0.4, -0.2) is 19.1 Å². The number of para-hydroxylation sites is 2. The van der Waals surface area contributed by atoms with Gasteiger partial charge in [-0.05, 0) is 71.1 Å². The maximum absolute atomic E-state index is 5.08. The van der Waals surface area contributed by atoms with Crippen LogP contribution in [-0.2, 0) is 0 Å². The number of rotatable bonds is 6. The Morgan fingerprint density at radius 1 is 0.357 bits per heavy atom. The Balaban J connectivity index is 1.03. The first-order valence-electron chi connectivity index (χ1n) is 19.0. The molecular weight excluding hydrogens is 681 g/mol. The Kier molecular flexibility index (Phi) is 7.46. The third kappa shape index (κ3) is 5.31. The van der Waals surface area contributed by atoms with Crippen LogP contribution in [0.1, 0.15) is 0 Å². The van der Waals surface area contributed by atoms with Crippen LogP contribution in [0.15, 0.2) is 206 Å². The van der Waals surface area contributed by atoms with Crippen LogP contribution >= 0.6 is 0 Å². The maximum atomic E-state index is 5.08. The van der Waals surface area contributed by atoms with E-state index >= 15 is 0 Å². The average molecular weight is 715 g/mol. The lowest BCUT2D eigenvalue weighted by Gasteiger charge is -2.12. The van der Waals surface area contributed by atoms with Crippen molar-refractivity contribution in [1.29, 1.82) is 0 Å². The van der Waals surface area contributed by atoms with Crippen molar-refractivity contribution < 1.29 is 0 Å². The molecule has 0 aliphatic carbocycles. The second-order valence-corrected chi connectivity index (χ2v) is 14.3. The van der Waals surface area contributed by atoms with E-state index < -0.39 is 0 Å². The normalized spacial score (nSPS) is 11.6. The highest BCUT2D eigenvalue weighted by atomic mass is 15.0. The summed E-state index contributed by atoms with van der Waals surface area (Å²) in [6, 6.07) is 71.0. The molecule has 0 amide bonds. The van der Waals surface area contributed by atoms with Gasteiger partial charge < -0.3 is 9.13 Å². The van der Waals surface area contributed by atoms with Crippen molar-refractivity contribution in [3.8, 4) is 56.4 Å². The van der Waals surface area contributed by atoms with Crippen LogP contribution < -0.4 is 0 Å². The van der Waals surface area contributed by atoms with E-state index in [1.165, 1.54) is 43.5 Å². The molecule has 56 heavy (non-hydrogen) atoms. The van der Waals surface area contributed by atoms with Crippen LogP contribution in [0, 0.1) is 0 Å². The minimum Gasteiger partial charge on any atom is -0.316 e. The van der Waals surface area contributed by atoms with E-state index in [1.807, 2.05) is 36.4 Å². The highest BCUT2D eigenvalue weighted by molar-refractivity contribution is 6.27. The fourth-order valence-electron chi connectivity index (χ4n) is 8.31. The monoisotopic (exact) mass is 714 g/mol. The summed E-state index contributed by atoms with van der Waals surface area (Å²) in [6.45, 7) is 0. The SMILES string of the molecule is c1ccc(-c2cc(-c3cccc(-c4ccc(-n5c6ccccc6c6c7c(ccc8ccn(-c9ccccc9)c87)ccc65)cc4)c3)nc(-c3ccccc3)n2)cc1. The minimum atomic E-state index is 0.713. The highest BCUT2D eigenvalue weighted by Crippen LogP contribution is 2.41. The topological polar surface area (TPSA) is 35.6 Å². The van der Waals surface area contributed by atoms with E-state index in [9.17, 15) is 0 Å². The molecule has 0 bridgehead atoms. The van der Waals surface area contributed by atoms with Crippen LogP contribution in [0.3, 0.4) is 0 Å². The Labute approximate surface area is 324 Å². The van der Waals surface area contributed by atoms with Gasteiger partial charge in [-0.25, -0.2) is 9.97 Å². The molecule has 4 heteroatoms. The minimum absolute atomic E-state index is 0.713. The van der Waals surface area contributed by atoms with Crippen LogP contribution in [0.5, 0.6) is 0 Å². The van der Waals surface area contributed by atoms with Gasteiger partial charge in [0, 0.05) is 55.8 Å². The van der Waals surface area contributed by atoms with E-state index in [4.69, 9.17) is 9.97 Å². The van der Waals surface area contributed by atoms with Crippen LogP contribution in [0.2, 0.25) is 0 Å². The third-order valence-corrected chi connectivity index (χ3v) is 10.9. The maximum Gasteiger partial charge on any atom is 0.160 e. The van der Waals surface area contributed by atoms with E-state index in [0.717, 1.165) is 50.6 Å². The number of benzene rings is 8. The van der Waals surface area contributed by atoms with E-state index in [-0.39, 0.29) is 0 Å². The molecule has 0 saturated carbocycles. The number of fused-ring (bicyclic) bond motifs is 7. The first-order valence-corrected chi connectivity index (χ1v) is 19.0. The van der Waals surface area contributed by atoms with Crippen molar-refractivity contribution in [3.05, 3.63) is 206 Å². The Morgan fingerprint density at radius 2 is 0.982 bits per heavy atom. The molecule has 0 aliphatic rings. The van der Waals surface area contributed by atoms with Crippen molar-refractivity contribution in [3.63, 3.8) is 0 Å². The molecule has 3 heterocycles. The van der Waals surface area contributed by atoms with Gasteiger partial charge in [0.15, 0.2) is 5.82 Å². The summed E-state index contributed by atoms with van der Waals surface area (Å²) in [5, 5.41) is 6.24. The molecule has 8 aromatic carbocycles. The lowest BCUT2D eigenvalue weighted by atomic mass is 10.00. The Morgan fingerprint density at radius 3 is 1.77 bits per heavy atom. The molecule has 11 rings (SSSR count). The van der Waals surface area contributed by atoms with Crippen molar-refractivity contribution in [2.24, 2.45) is 0 Å². The molecule has 0 radical (unpaired) electrons. The summed E-state index contributed by atoms with van der Waals surface area (Å²) < 4.78 is 4.74. The molecule has 3 aromatic heterocycles. The van der Waals surface area contributed by atoms with E-state index in [2.05, 4.69) is 179 Å². The fraction of sp³-hybridized carbons (Fsp3) is 0. The van der Waals surface area contributed by atoms with Gasteiger partial charge in [-0.2, -0.15) is 0 Å². The number of nitrogens with zero attached hydrogens (tertiary/aromatic N) is 4.